The summed E-state index contributed by atoms with van der Waals surface area (Å²) in [4.78, 5) is 69.7. The molecule has 5 aliphatic rings. The number of carbonyl (C=O) groups excluding carboxylic acids is 5. The molecular formula is C44H47ClN6O6. The lowest BCUT2D eigenvalue weighted by Crippen LogP contribution is -2.74. The first-order chi connectivity index (χ1) is 27.1. The number of nitrogens with zero attached hydrogens (tertiary/aromatic N) is 4. The fraction of sp³-hybridized carbons (Fsp3) is 0.455. The van der Waals surface area contributed by atoms with Crippen LogP contribution in [-0.2, 0) is 9.59 Å². The Labute approximate surface area is 337 Å². The third kappa shape index (κ3) is 6.95. The fourth-order valence-electron chi connectivity index (χ4n) is 10.1. The number of anilines is 1. The maximum absolute atomic E-state index is 13.5. The van der Waals surface area contributed by atoms with Crippen molar-refractivity contribution in [2.45, 2.75) is 77.5 Å². The summed E-state index contributed by atoms with van der Waals surface area (Å²) in [5.41, 5.74) is 3.07. The molecule has 2 N–H and O–H groups in total. The number of amides is 5. The van der Waals surface area contributed by atoms with Gasteiger partial charge in [0, 0.05) is 73.3 Å². The van der Waals surface area contributed by atoms with E-state index in [9.17, 15) is 29.2 Å². The molecule has 12 nitrogen and oxygen atoms in total. The van der Waals surface area contributed by atoms with Crippen molar-refractivity contribution >= 4 is 46.8 Å². The van der Waals surface area contributed by atoms with Crippen molar-refractivity contribution in [1.29, 1.82) is 5.26 Å². The van der Waals surface area contributed by atoms with Crippen molar-refractivity contribution < 1.29 is 28.7 Å². The van der Waals surface area contributed by atoms with Crippen LogP contribution in [-0.4, -0.2) is 90.2 Å². The van der Waals surface area contributed by atoms with Crippen molar-refractivity contribution in [3.05, 3.63) is 93.5 Å². The summed E-state index contributed by atoms with van der Waals surface area (Å²) in [6.07, 6.45) is 2.25. The number of nitriles is 1. The smallest absolute Gasteiger partial charge is 0.262 e. The van der Waals surface area contributed by atoms with Gasteiger partial charge in [0.25, 0.3) is 17.7 Å². The molecular weight excluding hydrogens is 744 g/mol. The van der Waals surface area contributed by atoms with Crippen LogP contribution in [0.25, 0.3) is 0 Å². The van der Waals surface area contributed by atoms with Crippen molar-refractivity contribution in [3.63, 3.8) is 0 Å². The van der Waals surface area contributed by atoms with Crippen LogP contribution in [0.2, 0.25) is 5.02 Å². The summed E-state index contributed by atoms with van der Waals surface area (Å²) in [7, 11) is 0. The van der Waals surface area contributed by atoms with E-state index in [0.717, 1.165) is 56.2 Å². The lowest BCUT2D eigenvalue weighted by Gasteiger charge is -2.63. The number of ether oxygens (including phenoxy) is 1. The Morgan fingerprint density at radius 1 is 0.912 bits per heavy atom. The molecule has 5 amide bonds. The predicted molar refractivity (Wildman–Crippen MR) is 213 cm³/mol. The van der Waals surface area contributed by atoms with Gasteiger partial charge in [-0.1, -0.05) is 51.4 Å². The van der Waals surface area contributed by atoms with Crippen LogP contribution in [0.15, 0.2) is 60.7 Å². The lowest BCUT2D eigenvalue weighted by molar-refractivity contribution is -0.164. The number of piperazine rings is 1. The molecule has 1 atom stereocenters. The Kier molecular flexibility index (Phi) is 9.89. The second-order valence-corrected chi connectivity index (χ2v) is 17.8. The van der Waals surface area contributed by atoms with E-state index in [1.165, 1.54) is 5.56 Å². The van der Waals surface area contributed by atoms with Gasteiger partial charge in [-0.05, 0) is 79.1 Å². The van der Waals surface area contributed by atoms with E-state index in [4.69, 9.17) is 16.3 Å². The first-order valence-electron chi connectivity index (χ1n) is 19.8. The summed E-state index contributed by atoms with van der Waals surface area (Å²) in [6.45, 7) is 12.8. The van der Waals surface area contributed by atoms with E-state index in [1.807, 2.05) is 18.2 Å². The molecule has 1 unspecified atom stereocenters. The third-order valence-corrected chi connectivity index (χ3v) is 13.3. The normalized spacial score (nSPS) is 26.5. The van der Waals surface area contributed by atoms with Crippen LogP contribution in [0.1, 0.15) is 101 Å². The van der Waals surface area contributed by atoms with E-state index in [1.54, 1.807) is 30.3 Å². The average molecular weight is 791 g/mol. The highest BCUT2D eigenvalue weighted by Crippen LogP contribution is 2.55. The number of fused-ring (bicyclic) bond motifs is 1. The molecule has 2 aliphatic carbocycles. The minimum atomic E-state index is -0.975. The van der Waals surface area contributed by atoms with Gasteiger partial charge >= 0.3 is 0 Å². The van der Waals surface area contributed by atoms with Crippen LogP contribution < -0.4 is 20.3 Å². The minimum absolute atomic E-state index is 0.0897. The van der Waals surface area contributed by atoms with Gasteiger partial charge in [0.1, 0.15) is 24.0 Å². The highest BCUT2D eigenvalue weighted by Gasteiger charge is 2.64. The Morgan fingerprint density at radius 3 is 2.25 bits per heavy atom. The quantitative estimate of drug-likeness (QED) is 0.266. The van der Waals surface area contributed by atoms with Crippen LogP contribution in [0.4, 0.5) is 5.69 Å². The van der Waals surface area contributed by atoms with Crippen LogP contribution >= 0.6 is 11.6 Å². The maximum atomic E-state index is 13.5. The number of rotatable bonds is 9. The van der Waals surface area contributed by atoms with Gasteiger partial charge in [-0.25, -0.2) is 0 Å². The fourth-order valence-corrected chi connectivity index (χ4v) is 10.3. The number of carbonyl (C=O) groups is 5. The maximum Gasteiger partial charge on any atom is 0.262 e. The molecule has 0 aromatic heterocycles. The third-order valence-electron chi connectivity index (χ3n) is 13.0. The molecule has 296 valence electrons. The lowest BCUT2D eigenvalue weighted by atomic mass is 9.49. The second-order valence-electron chi connectivity index (χ2n) is 17.4. The Balaban J connectivity index is 0.793. The van der Waals surface area contributed by atoms with E-state index < -0.39 is 29.7 Å². The molecule has 3 aromatic carbocycles. The minimum Gasteiger partial charge on any atom is -0.489 e. The summed E-state index contributed by atoms with van der Waals surface area (Å²) < 4.78 is 6.37. The monoisotopic (exact) mass is 790 g/mol. The molecule has 3 aliphatic heterocycles. The van der Waals surface area contributed by atoms with Gasteiger partial charge in [0.2, 0.25) is 11.8 Å². The number of nitrogens with one attached hydrogen (secondary N) is 2. The highest BCUT2D eigenvalue weighted by atomic mass is 35.5. The van der Waals surface area contributed by atoms with Crippen molar-refractivity contribution in [2.24, 2.45) is 16.7 Å². The molecule has 0 bridgehead atoms. The zero-order valence-electron chi connectivity index (χ0n) is 32.6. The molecule has 4 fully saturated rings. The summed E-state index contributed by atoms with van der Waals surface area (Å²) in [6, 6.07) is 19.4. The van der Waals surface area contributed by atoms with Crippen LogP contribution in [0, 0.1) is 28.1 Å². The van der Waals surface area contributed by atoms with Crippen molar-refractivity contribution in [1.82, 2.24) is 20.4 Å². The number of piperidine rings is 1. The average Bonchev–Trinajstić information content (AvgIpc) is 3.42. The van der Waals surface area contributed by atoms with Gasteiger partial charge < -0.3 is 15.0 Å². The second kappa shape index (κ2) is 14.6. The Morgan fingerprint density at radius 2 is 1.60 bits per heavy atom. The summed E-state index contributed by atoms with van der Waals surface area (Å²) in [5.74, 6) is -0.419. The largest absolute Gasteiger partial charge is 0.489 e. The Hall–Kier alpha value is -5.25. The Bertz CT molecular complexity index is 2180. The number of benzene rings is 3. The van der Waals surface area contributed by atoms with Gasteiger partial charge in [0.05, 0.1) is 21.7 Å². The number of imide groups is 2. The van der Waals surface area contributed by atoms with E-state index in [-0.39, 0.29) is 41.7 Å². The zero-order valence-corrected chi connectivity index (χ0v) is 33.4. The summed E-state index contributed by atoms with van der Waals surface area (Å²) in [5, 5.41) is 15.1. The van der Waals surface area contributed by atoms with Crippen LogP contribution in [0.5, 0.6) is 5.75 Å². The zero-order chi connectivity index (χ0) is 40.4. The van der Waals surface area contributed by atoms with Gasteiger partial charge in [0.15, 0.2) is 0 Å². The number of hydrogen-bond acceptors (Lipinski definition) is 9. The molecule has 0 spiro atoms. The van der Waals surface area contributed by atoms with Crippen LogP contribution in [0.3, 0.4) is 0 Å². The topological polar surface area (TPSA) is 152 Å². The highest BCUT2D eigenvalue weighted by molar-refractivity contribution is 6.31. The first kappa shape index (κ1) is 38.6. The predicted octanol–water partition coefficient (Wildman–Crippen LogP) is 5.54. The summed E-state index contributed by atoms with van der Waals surface area (Å²) >= 11 is 6.25. The first-order valence-corrected chi connectivity index (χ1v) is 20.1. The molecule has 57 heavy (non-hydrogen) atoms. The van der Waals surface area contributed by atoms with Crippen molar-refractivity contribution in [3.8, 4) is 11.8 Å². The number of halogens is 1. The standard InChI is InChI=1S/C44H47ClN6O6/c1-43(2)41(44(3,4)42(43)57-31-11-9-28(23-46)34(45)22-31)48-37(53)27-7-5-26(6-8-27)29-19-25(20-29)24-49-15-17-50(18-16-49)30-10-12-32-33(21-30)40(56)51(39(32)55)35-13-14-36(52)47-38(35)54/h5-12,21-22,25,29,35,41-42H,13-20,24H2,1-4H3,(H,48,53)(H,47,52,54)/t25-,29+,35?,41-,42-. The molecule has 2 saturated carbocycles. The van der Waals surface area contributed by atoms with E-state index in [2.05, 4.69) is 66.3 Å². The van der Waals surface area contributed by atoms with E-state index >= 15 is 0 Å². The van der Waals surface area contributed by atoms with Crippen molar-refractivity contribution in [2.75, 3.05) is 37.6 Å². The van der Waals surface area contributed by atoms with Gasteiger partial charge in [-0.15, -0.1) is 0 Å². The molecule has 3 heterocycles. The molecule has 2 saturated heterocycles. The molecule has 3 aromatic rings. The van der Waals surface area contributed by atoms with E-state index in [0.29, 0.717) is 44.9 Å². The van der Waals surface area contributed by atoms with Gasteiger partial charge in [-0.2, -0.15) is 5.26 Å². The molecule has 8 rings (SSSR count). The molecule has 0 radical (unpaired) electrons. The number of hydrogen-bond donors (Lipinski definition) is 2. The molecule has 13 heteroatoms. The van der Waals surface area contributed by atoms with Gasteiger partial charge in [-0.3, -0.25) is 39.1 Å². The SMILES string of the molecule is CC1(C)[C@H](NC(=O)c2ccc([C@H]3C[C@@H](CN4CCN(c5ccc6c(c5)C(=O)N(C5CCC(=O)NC5=O)C6=O)CC4)C3)cc2)C(C)(C)[C@H]1Oc1ccc(C#N)c(Cl)c1.